The zero-order valence-corrected chi connectivity index (χ0v) is 20.2. The second-order valence-electron chi connectivity index (χ2n) is 7.49. The second-order valence-corrected chi connectivity index (χ2v) is 9.97. The third-order valence-corrected chi connectivity index (χ3v) is 6.89. The molecule has 0 saturated carbocycles. The van der Waals surface area contributed by atoms with Gasteiger partial charge in [0.05, 0.1) is 23.6 Å². The summed E-state index contributed by atoms with van der Waals surface area (Å²) in [6, 6.07) is 17.7. The third-order valence-electron chi connectivity index (χ3n) is 5.44. The molecule has 3 aromatic rings. The van der Waals surface area contributed by atoms with Crippen molar-refractivity contribution in [3.8, 4) is 5.75 Å². The minimum absolute atomic E-state index is 0.0898. The SMILES string of the molecule is COc1ccc(C2/C(=C(\O)c3ccc(Br)cc3)C(=O)C(=O)N2c2ccc(S(N)(=O)=O)cc2)cc1. The van der Waals surface area contributed by atoms with Crippen LogP contribution in [-0.2, 0) is 19.6 Å². The molecule has 1 heterocycles. The van der Waals surface area contributed by atoms with Crippen molar-refractivity contribution in [3.63, 3.8) is 0 Å². The molecule has 8 nitrogen and oxygen atoms in total. The van der Waals surface area contributed by atoms with E-state index in [2.05, 4.69) is 15.9 Å². The van der Waals surface area contributed by atoms with Crippen molar-refractivity contribution < 1.29 is 27.9 Å². The number of halogens is 1. The molecule has 1 atom stereocenters. The Morgan fingerprint density at radius 2 is 1.56 bits per heavy atom. The fourth-order valence-electron chi connectivity index (χ4n) is 3.76. The van der Waals surface area contributed by atoms with Gasteiger partial charge in [-0.15, -0.1) is 0 Å². The molecule has 1 fully saturated rings. The standard InChI is InChI=1S/C24H19BrN2O6S/c1-33-18-10-4-14(5-11-18)21-20(22(28)15-2-6-16(25)7-3-15)23(29)24(30)27(21)17-8-12-19(13-9-17)34(26,31)32/h2-13,21,28H,1H3,(H2,26,31,32)/b22-20+. The Labute approximate surface area is 204 Å². The summed E-state index contributed by atoms with van der Waals surface area (Å²) in [4.78, 5) is 27.4. The van der Waals surface area contributed by atoms with Crippen LogP contribution in [0.4, 0.5) is 5.69 Å². The zero-order valence-electron chi connectivity index (χ0n) is 17.8. The number of sulfonamides is 1. The van der Waals surface area contributed by atoms with Gasteiger partial charge in [0, 0.05) is 15.7 Å². The summed E-state index contributed by atoms with van der Waals surface area (Å²) in [5.41, 5.74) is 1.09. The predicted octanol–water partition coefficient (Wildman–Crippen LogP) is 3.73. The summed E-state index contributed by atoms with van der Waals surface area (Å²) in [5, 5.41) is 16.3. The maximum atomic E-state index is 13.2. The Morgan fingerprint density at radius 1 is 0.971 bits per heavy atom. The molecule has 1 unspecified atom stereocenters. The Morgan fingerprint density at radius 3 is 2.09 bits per heavy atom. The third kappa shape index (κ3) is 4.35. The summed E-state index contributed by atoms with van der Waals surface area (Å²) in [5.74, 6) is -1.47. The Bertz CT molecular complexity index is 1400. The average Bonchev–Trinajstić information content (AvgIpc) is 3.09. The van der Waals surface area contributed by atoms with E-state index >= 15 is 0 Å². The number of carbonyl (C=O) groups excluding carboxylic acids is 2. The van der Waals surface area contributed by atoms with Gasteiger partial charge in [-0.05, 0) is 54.1 Å². The molecule has 1 aliphatic rings. The number of ether oxygens (including phenoxy) is 1. The normalized spacial score (nSPS) is 17.7. The first-order chi connectivity index (χ1) is 16.1. The predicted molar refractivity (Wildman–Crippen MR) is 130 cm³/mol. The molecule has 10 heteroatoms. The number of aliphatic hydroxyl groups excluding tert-OH is 1. The minimum Gasteiger partial charge on any atom is -0.507 e. The number of nitrogens with zero attached hydrogens (tertiary/aromatic N) is 1. The molecule has 3 aromatic carbocycles. The number of methoxy groups -OCH3 is 1. The van der Waals surface area contributed by atoms with Crippen molar-refractivity contribution in [2.45, 2.75) is 10.9 Å². The van der Waals surface area contributed by atoms with E-state index in [0.717, 1.165) is 4.47 Å². The molecule has 1 saturated heterocycles. The summed E-state index contributed by atoms with van der Waals surface area (Å²) >= 11 is 3.33. The van der Waals surface area contributed by atoms with Gasteiger partial charge in [0.1, 0.15) is 11.5 Å². The van der Waals surface area contributed by atoms with Gasteiger partial charge in [-0.1, -0.05) is 40.2 Å². The maximum Gasteiger partial charge on any atom is 0.300 e. The first-order valence-electron chi connectivity index (χ1n) is 9.95. The summed E-state index contributed by atoms with van der Waals surface area (Å²) < 4.78 is 29.3. The van der Waals surface area contributed by atoms with Crippen molar-refractivity contribution in [1.82, 2.24) is 0 Å². The van der Waals surface area contributed by atoms with Gasteiger partial charge in [-0.2, -0.15) is 0 Å². The topological polar surface area (TPSA) is 127 Å². The van der Waals surface area contributed by atoms with E-state index in [0.29, 0.717) is 16.9 Å². The van der Waals surface area contributed by atoms with Crippen molar-refractivity contribution in [2.24, 2.45) is 5.14 Å². The van der Waals surface area contributed by atoms with Gasteiger partial charge in [-0.3, -0.25) is 14.5 Å². The highest BCUT2D eigenvalue weighted by Gasteiger charge is 2.47. The number of primary sulfonamides is 1. The van der Waals surface area contributed by atoms with Crippen LogP contribution in [0.15, 0.2) is 87.7 Å². The number of ketones is 1. The molecule has 0 radical (unpaired) electrons. The smallest absolute Gasteiger partial charge is 0.300 e. The molecule has 0 spiro atoms. The van der Waals surface area contributed by atoms with Crippen LogP contribution < -0.4 is 14.8 Å². The molecule has 174 valence electrons. The number of anilines is 1. The van der Waals surface area contributed by atoms with Crippen molar-refractivity contribution in [3.05, 3.63) is 94.0 Å². The monoisotopic (exact) mass is 542 g/mol. The number of amides is 1. The highest BCUT2D eigenvalue weighted by molar-refractivity contribution is 9.10. The molecule has 1 amide bonds. The van der Waals surface area contributed by atoms with Gasteiger partial charge in [-0.25, -0.2) is 13.6 Å². The van der Waals surface area contributed by atoms with E-state index in [4.69, 9.17) is 9.88 Å². The fraction of sp³-hybridized carbons (Fsp3) is 0.0833. The average molecular weight is 543 g/mol. The van der Waals surface area contributed by atoms with Crippen LogP contribution in [0, 0.1) is 0 Å². The van der Waals surface area contributed by atoms with Crippen LogP contribution in [0.1, 0.15) is 17.2 Å². The summed E-state index contributed by atoms with van der Waals surface area (Å²) in [6.45, 7) is 0. The van der Waals surface area contributed by atoms with Gasteiger partial charge in [0.15, 0.2) is 0 Å². The molecular weight excluding hydrogens is 524 g/mol. The summed E-state index contributed by atoms with van der Waals surface area (Å²) in [6.07, 6.45) is 0. The number of hydrogen-bond acceptors (Lipinski definition) is 6. The lowest BCUT2D eigenvalue weighted by atomic mass is 9.95. The highest BCUT2D eigenvalue weighted by Crippen LogP contribution is 2.42. The van der Waals surface area contributed by atoms with Gasteiger partial charge in [0.25, 0.3) is 11.7 Å². The molecule has 0 bridgehead atoms. The van der Waals surface area contributed by atoms with Crippen LogP contribution in [0.25, 0.3) is 5.76 Å². The fourth-order valence-corrected chi connectivity index (χ4v) is 4.54. The van der Waals surface area contributed by atoms with Crippen LogP contribution in [0.2, 0.25) is 0 Å². The highest BCUT2D eigenvalue weighted by atomic mass is 79.9. The van der Waals surface area contributed by atoms with Crippen molar-refractivity contribution in [2.75, 3.05) is 12.0 Å². The Hall–Kier alpha value is -3.47. The maximum absolute atomic E-state index is 13.2. The lowest BCUT2D eigenvalue weighted by Crippen LogP contribution is -2.29. The van der Waals surface area contributed by atoms with E-state index < -0.39 is 27.8 Å². The molecule has 4 rings (SSSR count). The van der Waals surface area contributed by atoms with Crippen LogP contribution in [0.5, 0.6) is 5.75 Å². The first-order valence-corrected chi connectivity index (χ1v) is 12.3. The second kappa shape index (κ2) is 9.05. The molecule has 34 heavy (non-hydrogen) atoms. The molecule has 0 aromatic heterocycles. The Balaban J connectivity index is 1.91. The van der Waals surface area contributed by atoms with Crippen LogP contribution in [0.3, 0.4) is 0 Å². The van der Waals surface area contributed by atoms with E-state index in [1.54, 1.807) is 48.5 Å². The lowest BCUT2D eigenvalue weighted by Gasteiger charge is -2.25. The van der Waals surface area contributed by atoms with E-state index in [9.17, 15) is 23.1 Å². The van der Waals surface area contributed by atoms with E-state index in [-0.39, 0.29) is 21.9 Å². The van der Waals surface area contributed by atoms with E-state index in [1.807, 2.05) is 0 Å². The number of aliphatic hydroxyl groups is 1. The quantitative estimate of drug-likeness (QED) is 0.287. The van der Waals surface area contributed by atoms with Crippen LogP contribution in [-0.4, -0.2) is 32.3 Å². The van der Waals surface area contributed by atoms with Crippen molar-refractivity contribution in [1.29, 1.82) is 0 Å². The minimum atomic E-state index is -3.94. The first kappa shape index (κ1) is 23.7. The van der Waals surface area contributed by atoms with Gasteiger partial charge >= 0.3 is 0 Å². The lowest BCUT2D eigenvalue weighted by molar-refractivity contribution is -0.132. The molecule has 3 N–H and O–H groups in total. The Kier molecular flexibility index (Phi) is 6.30. The van der Waals surface area contributed by atoms with E-state index in [1.165, 1.54) is 36.3 Å². The molecular formula is C24H19BrN2O6S. The number of hydrogen-bond donors (Lipinski definition) is 2. The summed E-state index contributed by atoms with van der Waals surface area (Å²) in [7, 11) is -2.43. The molecule has 0 aliphatic carbocycles. The number of nitrogens with two attached hydrogens (primary N) is 1. The number of benzene rings is 3. The van der Waals surface area contributed by atoms with Crippen molar-refractivity contribution >= 4 is 49.1 Å². The zero-order chi connectivity index (χ0) is 24.6. The van der Waals surface area contributed by atoms with Gasteiger partial charge in [0.2, 0.25) is 10.0 Å². The number of Topliss-reactive ketones (excluding diaryl/α,β-unsaturated/α-hetero) is 1. The molecule has 1 aliphatic heterocycles. The van der Waals surface area contributed by atoms with Crippen LogP contribution >= 0.6 is 15.9 Å². The largest absolute Gasteiger partial charge is 0.507 e. The number of carbonyl (C=O) groups is 2. The van der Waals surface area contributed by atoms with Gasteiger partial charge < -0.3 is 9.84 Å². The number of rotatable bonds is 5.